The fourth-order valence-corrected chi connectivity index (χ4v) is 2.25. The van der Waals surface area contributed by atoms with Crippen molar-refractivity contribution in [1.29, 1.82) is 0 Å². The van der Waals surface area contributed by atoms with Gasteiger partial charge in [0.25, 0.3) is 0 Å². The molecule has 96 valence electrons. The van der Waals surface area contributed by atoms with Crippen LogP contribution in [-0.4, -0.2) is 31.1 Å². The van der Waals surface area contributed by atoms with Gasteiger partial charge in [-0.3, -0.25) is 0 Å². The van der Waals surface area contributed by atoms with Gasteiger partial charge in [0.05, 0.1) is 5.69 Å². The molecule has 1 aromatic rings. The molecule has 1 fully saturated rings. The molecule has 1 aromatic carbocycles. The third-order valence-corrected chi connectivity index (χ3v) is 3.37. The second-order valence-electron chi connectivity index (χ2n) is 4.60. The van der Waals surface area contributed by atoms with Gasteiger partial charge in [0.15, 0.2) is 0 Å². The van der Waals surface area contributed by atoms with Crippen molar-refractivity contribution in [3.8, 4) is 5.75 Å². The Balaban J connectivity index is 1.99. The molecule has 1 saturated heterocycles. The molecule has 0 saturated carbocycles. The van der Waals surface area contributed by atoms with Crippen molar-refractivity contribution >= 4 is 5.69 Å². The minimum Gasteiger partial charge on any atom is -0.491 e. The quantitative estimate of drug-likeness (QED) is 0.464. The van der Waals surface area contributed by atoms with E-state index in [1.165, 1.54) is 19.3 Å². The average Bonchev–Trinajstić information content (AvgIpc) is 2.40. The monoisotopic (exact) mass is 246 g/mol. The van der Waals surface area contributed by atoms with Crippen LogP contribution in [0.5, 0.6) is 5.75 Å². The maximum atomic E-state index is 8.50. The van der Waals surface area contributed by atoms with E-state index in [0.29, 0.717) is 24.1 Å². The number of likely N-dealkylation sites (tertiary alicyclic amines) is 1. The highest BCUT2D eigenvalue weighted by molar-refractivity contribution is 5.51. The molecule has 5 nitrogen and oxygen atoms in total. The number of ether oxygens (including phenoxy) is 1. The van der Waals surface area contributed by atoms with Crippen LogP contribution in [-0.2, 0) is 0 Å². The minimum absolute atomic E-state index is 0.456. The molecule has 0 aliphatic carbocycles. The Morgan fingerprint density at radius 2 is 2.28 bits per heavy atom. The zero-order valence-electron chi connectivity index (χ0n) is 10.6. The molecule has 1 aliphatic heterocycles. The van der Waals surface area contributed by atoms with Crippen LogP contribution in [0.3, 0.4) is 0 Å². The number of nitrogens with zero attached hydrogens (tertiary/aromatic N) is 4. The van der Waals surface area contributed by atoms with E-state index in [1.54, 1.807) is 6.07 Å². The lowest BCUT2D eigenvalue weighted by atomic mass is 10.0. The van der Waals surface area contributed by atoms with E-state index in [1.807, 2.05) is 18.2 Å². The Hall–Kier alpha value is -1.71. The van der Waals surface area contributed by atoms with Gasteiger partial charge in [0.1, 0.15) is 12.4 Å². The van der Waals surface area contributed by atoms with Crippen molar-refractivity contribution in [1.82, 2.24) is 4.90 Å². The van der Waals surface area contributed by atoms with Crippen LogP contribution < -0.4 is 4.74 Å². The predicted molar refractivity (Wildman–Crippen MR) is 71.0 cm³/mol. The molecular weight excluding hydrogens is 228 g/mol. The predicted octanol–water partition coefficient (Wildman–Crippen LogP) is 3.49. The van der Waals surface area contributed by atoms with Gasteiger partial charge >= 0.3 is 0 Å². The molecule has 0 bridgehead atoms. The van der Waals surface area contributed by atoms with Gasteiger partial charge in [0, 0.05) is 11.0 Å². The van der Waals surface area contributed by atoms with Crippen LogP contribution in [0.2, 0.25) is 0 Å². The average molecular weight is 246 g/mol. The Labute approximate surface area is 107 Å². The SMILES string of the molecule is CN1CCCCC1COc1ccccc1N=[N+]=[N-]. The van der Waals surface area contributed by atoms with Gasteiger partial charge in [-0.25, -0.2) is 0 Å². The summed E-state index contributed by atoms with van der Waals surface area (Å²) in [5.74, 6) is 0.661. The Morgan fingerprint density at radius 3 is 3.06 bits per heavy atom. The van der Waals surface area contributed by atoms with Crippen LogP contribution in [0.4, 0.5) is 5.69 Å². The van der Waals surface area contributed by atoms with E-state index >= 15 is 0 Å². The summed E-state index contributed by atoms with van der Waals surface area (Å²) in [5.41, 5.74) is 9.05. The van der Waals surface area contributed by atoms with Gasteiger partial charge in [-0.1, -0.05) is 23.7 Å². The van der Waals surface area contributed by atoms with Crippen LogP contribution >= 0.6 is 0 Å². The minimum atomic E-state index is 0.456. The number of azide groups is 1. The van der Waals surface area contributed by atoms with Crippen molar-refractivity contribution in [2.24, 2.45) is 5.11 Å². The van der Waals surface area contributed by atoms with Crippen molar-refractivity contribution in [3.05, 3.63) is 34.7 Å². The summed E-state index contributed by atoms with van der Waals surface area (Å²) < 4.78 is 5.79. The molecule has 0 N–H and O–H groups in total. The standard InChI is InChI=1S/C13H18N4O/c1-17-9-5-4-6-11(17)10-18-13-8-3-2-7-12(13)15-16-14/h2-3,7-8,11H,4-6,9-10H2,1H3. The number of hydrogen-bond donors (Lipinski definition) is 0. The molecule has 1 atom stereocenters. The normalized spacial score (nSPS) is 20.2. The number of benzene rings is 1. The Bertz CT molecular complexity index is 442. The van der Waals surface area contributed by atoms with Crippen molar-refractivity contribution in [3.63, 3.8) is 0 Å². The number of rotatable bonds is 4. The van der Waals surface area contributed by atoms with Gasteiger partial charge in [-0.2, -0.15) is 0 Å². The lowest BCUT2D eigenvalue weighted by Crippen LogP contribution is -2.40. The highest BCUT2D eigenvalue weighted by atomic mass is 16.5. The van der Waals surface area contributed by atoms with Gasteiger partial charge in [-0.15, -0.1) is 0 Å². The van der Waals surface area contributed by atoms with E-state index in [-0.39, 0.29) is 0 Å². The lowest BCUT2D eigenvalue weighted by molar-refractivity contribution is 0.125. The van der Waals surface area contributed by atoms with Crippen LogP contribution in [0.25, 0.3) is 10.4 Å². The van der Waals surface area contributed by atoms with E-state index in [9.17, 15) is 0 Å². The van der Waals surface area contributed by atoms with E-state index < -0.39 is 0 Å². The maximum absolute atomic E-state index is 8.50. The van der Waals surface area contributed by atoms with Crippen molar-refractivity contribution in [2.75, 3.05) is 20.2 Å². The number of likely N-dealkylation sites (N-methyl/N-ethyl adjacent to an activating group) is 1. The first-order valence-corrected chi connectivity index (χ1v) is 6.28. The first kappa shape index (κ1) is 12.7. The lowest BCUT2D eigenvalue weighted by Gasteiger charge is -2.32. The van der Waals surface area contributed by atoms with Gasteiger partial charge in [-0.05, 0) is 44.1 Å². The summed E-state index contributed by atoms with van der Waals surface area (Å²) in [5, 5.41) is 3.63. The Morgan fingerprint density at radius 1 is 1.44 bits per heavy atom. The highest BCUT2D eigenvalue weighted by Crippen LogP contribution is 2.27. The molecule has 2 rings (SSSR count). The third kappa shape index (κ3) is 3.15. The molecule has 0 spiro atoms. The fourth-order valence-electron chi connectivity index (χ4n) is 2.25. The number of hydrogen-bond acceptors (Lipinski definition) is 3. The molecule has 0 radical (unpaired) electrons. The van der Waals surface area contributed by atoms with Crippen molar-refractivity contribution in [2.45, 2.75) is 25.3 Å². The molecule has 1 heterocycles. The second kappa shape index (κ2) is 6.28. The zero-order chi connectivity index (χ0) is 12.8. The van der Waals surface area contributed by atoms with Crippen LogP contribution in [0.1, 0.15) is 19.3 Å². The summed E-state index contributed by atoms with van der Waals surface area (Å²) in [7, 11) is 2.13. The molecule has 18 heavy (non-hydrogen) atoms. The fraction of sp³-hybridized carbons (Fsp3) is 0.538. The second-order valence-corrected chi connectivity index (χ2v) is 4.60. The summed E-state index contributed by atoms with van der Waals surface area (Å²) >= 11 is 0. The summed E-state index contributed by atoms with van der Waals surface area (Å²) in [6, 6.07) is 7.78. The largest absolute Gasteiger partial charge is 0.491 e. The number of para-hydroxylation sites is 1. The van der Waals surface area contributed by atoms with Crippen LogP contribution in [0.15, 0.2) is 29.4 Å². The van der Waals surface area contributed by atoms with Gasteiger partial charge < -0.3 is 9.64 Å². The molecule has 0 aromatic heterocycles. The van der Waals surface area contributed by atoms with E-state index in [0.717, 1.165) is 6.54 Å². The summed E-state index contributed by atoms with van der Waals surface area (Å²) in [4.78, 5) is 5.14. The first-order valence-electron chi connectivity index (χ1n) is 6.28. The third-order valence-electron chi connectivity index (χ3n) is 3.37. The summed E-state index contributed by atoms with van der Waals surface area (Å²) in [6.45, 7) is 1.78. The van der Waals surface area contributed by atoms with Crippen molar-refractivity contribution < 1.29 is 4.74 Å². The highest BCUT2D eigenvalue weighted by Gasteiger charge is 2.19. The van der Waals surface area contributed by atoms with E-state index in [4.69, 9.17) is 10.3 Å². The molecular formula is C13H18N4O. The maximum Gasteiger partial charge on any atom is 0.128 e. The van der Waals surface area contributed by atoms with Crippen LogP contribution in [0, 0.1) is 0 Å². The Kier molecular flexibility index (Phi) is 4.45. The molecule has 1 unspecified atom stereocenters. The topological polar surface area (TPSA) is 61.2 Å². The first-order chi connectivity index (χ1) is 8.81. The molecule has 0 amide bonds. The molecule has 1 aliphatic rings. The number of piperidine rings is 1. The smallest absolute Gasteiger partial charge is 0.128 e. The van der Waals surface area contributed by atoms with E-state index in [2.05, 4.69) is 22.0 Å². The molecule has 5 heteroatoms. The van der Waals surface area contributed by atoms with Gasteiger partial charge in [0.2, 0.25) is 0 Å². The zero-order valence-corrected chi connectivity index (χ0v) is 10.6. The summed E-state index contributed by atoms with van der Waals surface area (Å²) in [6.07, 6.45) is 3.69.